The number of benzene rings is 1. The number of carbonyl (C=O) groups excluding carboxylic acids is 4. The summed E-state index contributed by atoms with van der Waals surface area (Å²) >= 11 is 0. The van der Waals surface area contributed by atoms with Crippen LogP contribution in [-0.4, -0.2) is 87.6 Å². The molecular formula is C25H38N8O9. The molecule has 232 valence electrons. The SMILES string of the molecule is NC(=O)CCC(N)C(=O)NC(CCC(=O)O)C(=O)NC(Cc1ccc(O)cc1)C(=O)NC(CCCN=C(N)N)C(=O)O. The first kappa shape index (κ1) is 35.1. The van der Waals surface area contributed by atoms with Gasteiger partial charge >= 0.3 is 11.9 Å². The molecule has 0 aromatic heterocycles. The zero-order chi connectivity index (χ0) is 31.8. The number of primary amides is 1. The van der Waals surface area contributed by atoms with E-state index in [1.54, 1.807) is 0 Å². The average molecular weight is 595 g/mol. The van der Waals surface area contributed by atoms with E-state index in [2.05, 4.69) is 20.9 Å². The summed E-state index contributed by atoms with van der Waals surface area (Å²) in [6, 6.07) is 0.229. The number of phenolic OH excluding ortho intramolecular Hbond substituents is 1. The molecule has 17 heteroatoms. The number of carbonyl (C=O) groups is 6. The lowest BCUT2D eigenvalue weighted by molar-refractivity contribution is -0.142. The number of aliphatic carboxylic acids is 2. The summed E-state index contributed by atoms with van der Waals surface area (Å²) in [6.07, 6.45) is -1.21. The Hall–Kier alpha value is -4.93. The van der Waals surface area contributed by atoms with Crippen molar-refractivity contribution in [3.8, 4) is 5.75 Å². The Bertz CT molecular complexity index is 1140. The quantitative estimate of drug-likeness (QED) is 0.0435. The number of amides is 4. The highest BCUT2D eigenvalue weighted by Gasteiger charge is 2.31. The summed E-state index contributed by atoms with van der Waals surface area (Å²) in [5.41, 5.74) is 21.8. The van der Waals surface area contributed by atoms with Crippen molar-refractivity contribution >= 4 is 41.5 Å². The molecule has 0 heterocycles. The number of guanidine groups is 1. The topological polar surface area (TPSA) is 316 Å². The summed E-state index contributed by atoms with van der Waals surface area (Å²) in [7, 11) is 0. The minimum absolute atomic E-state index is 0.0434. The van der Waals surface area contributed by atoms with Crippen molar-refractivity contribution in [1.29, 1.82) is 0 Å². The van der Waals surface area contributed by atoms with Gasteiger partial charge < -0.3 is 54.2 Å². The van der Waals surface area contributed by atoms with Crippen LogP contribution < -0.4 is 38.9 Å². The number of aromatic hydroxyl groups is 1. The van der Waals surface area contributed by atoms with E-state index >= 15 is 0 Å². The number of aliphatic imine (C=N–C) groups is 1. The molecule has 4 amide bonds. The summed E-state index contributed by atoms with van der Waals surface area (Å²) in [5.74, 6) is -6.22. The molecule has 1 aromatic rings. The summed E-state index contributed by atoms with van der Waals surface area (Å²) < 4.78 is 0. The molecule has 0 radical (unpaired) electrons. The Labute approximate surface area is 241 Å². The Morgan fingerprint density at radius 1 is 0.762 bits per heavy atom. The molecule has 0 fully saturated rings. The van der Waals surface area contributed by atoms with E-state index in [-0.39, 0.29) is 56.8 Å². The van der Waals surface area contributed by atoms with Gasteiger partial charge in [0, 0.05) is 25.8 Å². The van der Waals surface area contributed by atoms with Gasteiger partial charge in [-0.05, 0) is 43.4 Å². The number of nitrogens with two attached hydrogens (primary N) is 4. The van der Waals surface area contributed by atoms with Gasteiger partial charge in [-0.25, -0.2) is 4.79 Å². The fourth-order valence-corrected chi connectivity index (χ4v) is 3.63. The number of rotatable bonds is 19. The molecule has 0 spiro atoms. The van der Waals surface area contributed by atoms with E-state index in [1.807, 2.05) is 0 Å². The van der Waals surface area contributed by atoms with Crippen LogP contribution in [0.15, 0.2) is 29.3 Å². The highest BCUT2D eigenvalue weighted by molar-refractivity contribution is 5.94. The van der Waals surface area contributed by atoms with Crippen LogP contribution in [0.1, 0.15) is 44.1 Å². The van der Waals surface area contributed by atoms with Crippen LogP contribution in [0.5, 0.6) is 5.75 Å². The van der Waals surface area contributed by atoms with Crippen molar-refractivity contribution in [2.75, 3.05) is 6.54 Å². The molecule has 1 aromatic carbocycles. The maximum Gasteiger partial charge on any atom is 0.326 e. The summed E-state index contributed by atoms with van der Waals surface area (Å²) in [5, 5.41) is 35.4. The zero-order valence-electron chi connectivity index (χ0n) is 22.8. The van der Waals surface area contributed by atoms with Gasteiger partial charge in [0.05, 0.1) is 6.04 Å². The van der Waals surface area contributed by atoms with Gasteiger partial charge in [0.1, 0.15) is 23.9 Å². The lowest BCUT2D eigenvalue weighted by Crippen LogP contribution is -2.57. The van der Waals surface area contributed by atoms with Crippen molar-refractivity contribution in [2.24, 2.45) is 27.9 Å². The van der Waals surface area contributed by atoms with Crippen molar-refractivity contribution in [3.05, 3.63) is 29.8 Å². The highest BCUT2D eigenvalue weighted by atomic mass is 16.4. The monoisotopic (exact) mass is 594 g/mol. The molecule has 42 heavy (non-hydrogen) atoms. The molecule has 17 nitrogen and oxygen atoms in total. The number of nitrogens with zero attached hydrogens (tertiary/aromatic N) is 1. The van der Waals surface area contributed by atoms with Crippen LogP contribution in [0, 0.1) is 0 Å². The number of phenols is 1. The van der Waals surface area contributed by atoms with Crippen molar-refractivity contribution < 1.29 is 44.1 Å². The van der Waals surface area contributed by atoms with E-state index in [9.17, 15) is 39.0 Å². The van der Waals surface area contributed by atoms with Gasteiger partial charge in [-0.2, -0.15) is 0 Å². The number of hydrogen-bond acceptors (Lipinski definition) is 9. The number of nitrogens with one attached hydrogen (secondary N) is 3. The largest absolute Gasteiger partial charge is 0.508 e. The Balaban J connectivity index is 3.16. The Kier molecular flexibility index (Phi) is 14.8. The minimum atomic E-state index is -1.45. The van der Waals surface area contributed by atoms with Gasteiger partial charge in [0.2, 0.25) is 23.6 Å². The van der Waals surface area contributed by atoms with Gasteiger partial charge in [0.15, 0.2) is 5.96 Å². The van der Waals surface area contributed by atoms with E-state index in [0.29, 0.717) is 5.56 Å². The van der Waals surface area contributed by atoms with E-state index in [1.165, 1.54) is 24.3 Å². The predicted molar refractivity (Wildman–Crippen MR) is 148 cm³/mol. The fraction of sp³-hybridized carbons (Fsp3) is 0.480. The van der Waals surface area contributed by atoms with Crippen LogP contribution in [0.4, 0.5) is 0 Å². The molecule has 0 aliphatic heterocycles. The first-order valence-electron chi connectivity index (χ1n) is 12.9. The average Bonchev–Trinajstić information content (AvgIpc) is 2.91. The maximum atomic E-state index is 13.2. The van der Waals surface area contributed by atoms with E-state index < -0.39 is 66.2 Å². The first-order chi connectivity index (χ1) is 19.7. The third-order valence-corrected chi connectivity index (χ3v) is 5.89. The summed E-state index contributed by atoms with van der Waals surface area (Å²) in [6.45, 7) is 0.113. The van der Waals surface area contributed by atoms with Crippen LogP contribution >= 0.6 is 0 Å². The molecule has 0 saturated heterocycles. The highest BCUT2D eigenvalue weighted by Crippen LogP contribution is 2.12. The molecule has 1 rings (SSSR count). The Morgan fingerprint density at radius 2 is 1.33 bits per heavy atom. The lowest BCUT2D eigenvalue weighted by Gasteiger charge is -2.25. The number of carboxylic acids is 2. The first-order valence-corrected chi connectivity index (χ1v) is 12.9. The standard InChI is InChI=1S/C25H38N8O9/c26-15(7-9-19(27)35)21(38)31-16(8-10-20(36)37)22(39)33-18(12-13-3-5-14(34)6-4-13)23(40)32-17(24(41)42)2-1-11-30-25(28)29/h3-6,15-18,34H,1-2,7-12,26H2,(H2,27,35)(H,31,38)(H,32,40)(H,33,39)(H,36,37)(H,41,42)(H4,28,29,30). The minimum Gasteiger partial charge on any atom is -0.508 e. The van der Waals surface area contributed by atoms with Gasteiger partial charge in [-0.3, -0.25) is 29.0 Å². The number of carboxylic acid groups (broad SMARTS) is 2. The van der Waals surface area contributed by atoms with Gasteiger partial charge in [-0.1, -0.05) is 12.1 Å². The molecule has 14 N–H and O–H groups in total. The van der Waals surface area contributed by atoms with E-state index in [4.69, 9.17) is 28.0 Å². The second-order valence-corrected chi connectivity index (χ2v) is 9.39. The van der Waals surface area contributed by atoms with E-state index in [0.717, 1.165) is 0 Å². The molecule has 0 aliphatic carbocycles. The van der Waals surface area contributed by atoms with Crippen molar-refractivity contribution in [3.63, 3.8) is 0 Å². The zero-order valence-corrected chi connectivity index (χ0v) is 22.8. The molecule has 4 unspecified atom stereocenters. The van der Waals surface area contributed by atoms with Gasteiger partial charge in [-0.15, -0.1) is 0 Å². The second kappa shape index (κ2) is 17.7. The molecule has 0 aliphatic rings. The lowest BCUT2D eigenvalue weighted by atomic mass is 10.0. The van der Waals surface area contributed by atoms with Gasteiger partial charge in [0.25, 0.3) is 0 Å². The van der Waals surface area contributed by atoms with Crippen molar-refractivity contribution in [2.45, 2.75) is 69.1 Å². The molecular weight excluding hydrogens is 556 g/mol. The predicted octanol–water partition coefficient (Wildman–Crippen LogP) is -3.02. The molecule has 0 bridgehead atoms. The van der Waals surface area contributed by atoms with Crippen LogP contribution in [0.3, 0.4) is 0 Å². The molecule has 0 saturated carbocycles. The second-order valence-electron chi connectivity index (χ2n) is 9.39. The third kappa shape index (κ3) is 13.9. The van der Waals surface area contributed by atoms with Crippen molar-refractivity contribution in [1.82, 2.24) is 16.0 Å². The number of hydrogen-bond donors (Lipinski definition) is 10. The third-order valence-electron chi connectivity index (χ3n) is 5.89. The normalized spacial score (nSPS) is 13.5. The Morgan fingerprint density at radius 3 is 1.88 bits per heavy atom. The smallest absolute Gasteiger partial charge is 0.326 e. The van der Waals surface area contributed by atoms with Crippen LogP contribution in [0.25, 0.3) is 0 Å². The summed E-state index contributed by atoms with van der Waals surface area (Å²) in [4.78, 5) is 76.7. The van der Waals surface area contributed by atoms with Crippen LogP contribution in [0.2, 0.25) is 0 Å². The fourth-order valence-electron chi connectivity index (χ4n) is 3.63. The van der Waals surface area contributed by atoms with Crippen LogP contribution in [-0.2, 0) is 35.2 Å². The maximum absolute atomic E-state index is 13.2. The molecule has 4 atom stereocenters.